The van der Waals surface area contributed by atoms with Gasteiger partial charge in [-0.25, -0.2) is 4.98 Å². The van der Waals surface area contributed by atoms with Gasteiger partial charge in [0.1, 0.15) is 10.8 Å². The molecule has 8 nitrogen and oxygen atoms in total. The SMILES string of the molecule is CCOc1ccccc1/C=C/C(=O)Nc1sc2c(c1CN)CCN(C(=O)CCn1ccnc1)C2. The van der Waals surface area contributed by atoms with E-state index in [1.807, 2.05) is 46.9 Å². The first-order chi connectivity index (χ1) is 16.6. The van der Waals surface area contributed by atoms with E-state index in [0.717, 1.165) is 38.7 Å². The van der Waals surface area contributed by atoms with Crippen molar-refractivity contribution >= 4 is 34.2 Å². The number of carbonyl (C=O) groups excluding carboxylic acids is 2. The molecule has 2 aromatic heterocycles. The average molecular weight is 480 g/mol. The molecule has 1 aliphatic rings. The molecular weight excluding hydrogens is 450 g/mol. The molecule has 0 saturated carbocycles. The van der Waals surface area contributed by atoms with Gasteiger partial charge in [0, 0.05) is 60.5 Å². The second-order valence-electron chi connectivity index (χ2n) is 7.92. The molecule has 0 saturated heterocycles. The van der Waals surface area contributed by atoms with E-state index in [4.69, 9.17) is 10.5 Å². The molecule has 178 valence electrons. The second-order valence-corrected chi connectivity index (χ2v) is 9.03. The number of aromatic nitrogens is 2. The zero-order chi connectivity index (χ0) is 23.9. The Bertz CT molecular complexity index is 1170. The Kier molecular flexibility index (Phi) is 7.76. The molecule has 0 spiro atoms. The van der Waals surface area contributed by atoms with Crippen molar-refractivity contribution in [1.82, 2.24) is 14.5 Å². The number of ether oxygens (including phenoxy) is 1. The van der Waals surface area contributed by atoms with E-state index >= 15 is 0 Å². The molecule has 0 fully saturated rings. The predicted octanol–water partition coefficient (Wildman–Crippen LogP) is 3.43. The molecule has 4 rings (SSSR count). The van der Waals surface area contributed by atoms with Gasteiger partial charge < -0.3 is 25.3 Å². The number of thiophene rings is 1. The normalized spacial score (nSPS) is 13.2. The third-order valence-electron chi connectivity index (χ3n) is 5.74. The van der Waals surface area contributed by atoms with Crippen LogP contribution < -0.4 is 15.8 Å². The van der Waals surface area contributed by atoms with Gasteiger partial charge >= 0.3 is 0 Å². The molecular formula is C25H29N5O3S. The van der Waals surface area contributed by atoms with E-state index < -0.39 is 0 Å². The molecule has 1 aromatic carbocycles. The first-order valence-corrected chi connectivity index (χ1v) is 12.2. The first-order valence-electron chi connectivity index (χ1n) is 11.4. The minimum Gasteiger partial charge on any atom is -0.493 e. The van der Waals surface area contributed by atoms with Gasteiger partial charge in [0.25, 0.3) is 0 Å². The van der Waals surface area contributed by atoms with Crippen LogP contribution >= 0.6 is 11.3 Å². The molecule has 0 bridgehead atoms. The highest BCUT2D eigenvalue weighted by molar-refractivity contribution is 7.16. The third kappa shape index (κ3) is 5.55. The lowest BCUT2D eigenvalue weighted by atomic mass is 10.0. The van der Waals surface area contributed by atoms with Gasteiger partial charge in [0.05, 0.1) is 19.5 Å². The Balaban J connectivity index is 1.41. The lowest BCUT2D eigenvalue weighted by Gasteiger charge is -2.27. The smallest absolute Gasteiger partial charge is 0.248 e. The number of para-hydroxylation sites is 1. The first kappa shape index (κ1) is 23.7. The predicted molar refractivity (Wildman–Crippen MR) is 133 cm³/mol. The summed E-state index contributed by atoms with van der Waals surface area (Å²) >= 11 is 1.51. The van der Waals surface area contributed by atoms with E-state index in [0.29, 0.717) is 39.2 Å². The molecule has 2 amide bonds. The monoisotopic (exact) mass is 479 g/mol. The van der Waals surface area contributed by atoms with Crippen molar-refractivity contribution in [3.8, 4) is 5.75 Å². The number of aryl methyl sites for hydroxylation is 1. The zero-order valence-corrected chi connectivity index (χ0v) is 20.0. The molecule has 0 atom stereocenters. The van der Waals surface area contributed by atoms with E-state index in [-0.39, 0.29) is 11.8 Å². The van der Waals surface area contributed by atoms with E-state index in [1.54, 1.807) is 18.6 Å². The highest BCUT2D eigenvalue weighted by Crippen LogP contribution is 2.37. The highest BCUT2D eigenvalue weighted by Gasteiger charge is 2.26. The number of hydrogen-bond donors (Lipinski definition) is 2. The van der Waals surface area contributed by atoms with E-state index in [2.05, 4.69) is 10.3 Å². The van der Waals surface area contributed by atoms with Crippen LogP contribution in [0.25, 0.3) is 6.08 Å². The number of anilines is 1. The van der Waals surface area contributed by atoms with E-state index in [9.17, 15) is 9.59 Å². The molecule has 0 unspecified atom stereocenters. The fourth-order valence-electron chi connectivity index (χ4n) is 4.02. The van der Waals surface area contributed by atoms with Gasteiger partial charge in [0.15, 0.2) is 0 Å². The van der Waals surface area contributed by atoms with Gasteiger partial charge in [-0.2, -0.15) is 0 Å². The minimum atomic E-state index is -0.229. The van der Waals surface area contributed by atoms with Crippen molar-refractivity contribution in [2.24, 2.45) is 5.73 Å². The van der Waals surface area contributed by atoms with Crippen molar-refractivity contribution < 1.29 is 14.3 Å². The van der Waals surface area contributed by atoms with Crippen LogP contribution in [-0.2, 0) is 35.6 Å². The molecule has 9 heteroatoms. The Hall–Kier alpha value is -3.43. The van der Waals surface area contributed by atoms with Crippen LogP contribution in [0.1, 0.15) is 34.9 Å². The molecule has 1 aliphatic heterocycles. The number of imidazole rings is 1. The van der Waals surface area contributed by atoms with Crippen molar-refractivity contribution in [1.29, 1.82) is 0 Å². The second kappa shape index (κ2) is 11.1. The molecule has 0 radical (unpaired) electrons. The number of nitrogens with zero attached hydrogens (tertiary/aromatic N) is 3. The number of nitrogens with one attached hydrogen (secondary N) is 1. The molecule has 0 aliphatic carbocycles. The van der Waals surface area contributed by atoms with Crippen molar-refractivity contribution in [3.63, 3.8) is 0 Å². The van der Waals surface area contributed by atoms with Crippen LogP contribution in [0, 0.1) is 0 Å². The van der Waals surface area contributed by atoms with Crippen molar-refractivity contribution in [2.75, 3.05) is 18.5 Å². The number of benzene rings is 1. The van der Waals surface area contributed by atoms with Crippen molar-refractivity contribution in [2.45, 2.75) is 39.4 Å². The lowest BCUT2D eigenvalue weighted by Crippen LogP contribution is -2.36. The summed E-state index contributed by atoms with van der Waals surface area (Å²) in [7, 11) is 0. The zero-order valence-electron chi connectivity index (χ0n) is 19.2. The Morgan fingerprint density at radius 3 is 2.94 bits per heavy atom. The maximum Gasteiger partial charge on any atom is 0.248 e. The summed E-state index contributed by atoms with van der Waals surface area (Å²) in [4.78, 5) is 32.4. The van der Waals surface area contributed by atoms with Crippen LogP contribution in [-0.4, -0.2) is 39.4 Å². The highest BCUT2D eigenvalue weighted by atomic mass is 32.1. The number of fused-ring (bicyclic) bond motifs is 1. The summed E-state index contributed by atoms with van der Waals surface area (Å²) in [6.07, 6.45) is 9.70. The largest absolute Gasteiger partial charge is 0.493 e. The van der Waals surface area contributed by atoms with Gasteiger partial charge in [-0.05, 0) is 31.1 Å². The number of amides is 2. The maximum absolute atomic E-state index is 12.7. The Labute approximate surface area is 203 Å². The summed E-state index contributed by atoms with van der Waals surface area (Å²) in [6.45, 7) is 4.63. The Morgan fingerprint density at radius 2 is 2.18 bits per heavy atom. The summed E-state index contributed by atoms with van der Waals surface area (Å²) in [5.41, 5.74) is 9.00. The number of nitrogens with two attached hydrogens (primary N) is 1. The number of rotatable bonds is 9. The Morgan fingerprint density at radius 1 is 1.32 bits per heavy atom. The van der Waals surface area contributed by atoms with Crippen LogP contribution in [0.15, 0.2) is 49.1 Å². The summed E-state index contributed by atoms with van der Waals surface area (Å²) < 4.78 is 7.51. The quantitative estimate of drug-likeness (QED) is 0.458. The van der Waals surface area contributed by atoms with Gasteiger partial charge in [-0.3, -0.25) is 9.59 Å². The average Bonchev–Trinajstić information content (AvgIpc) is 3.49. The third-order valence-corrected chi connectivity index (χ3v) is 6.91. The van der Waals surface area contributed by atoms with Crippen molar-refractivity contribution in [3.05, 3.63) is 70.6 Å². The van der Waals surface area contributed by atoms with Gasteiger partial charge in [-0.1, -0.05) is 18.2 Å². The van der Waals surface area contributed by atoms with E-state index in [1.165, 1.54) is 17.4 Å². The molecule has 3 aromatic rings. The lowest BCUT2D eigenvalue weighted by molar-refractivity contribution is -0.132. The van der Waals surface area contributed by atoms with Crippen LogP contribution in [0.4, 0.5) is 5.00 Å². The molecule has 34 heavy (non-hydrogen) atoms. The van der Waals surface area contributed by atoms with Gasteiger partial charge in [-0.15, -0.1) is 11.3 Å². The van der Waals surface area contributed by atoms with Gasteiger partial charge in [0.2, 0.25) is 11.8 Å². The standard InChI is InChI=1S/C25H29N5O3S/c1-2-33-21-6-4-3-5-18(21)7-8-23(31)28-25-20(15-26)19-9-13-30(16-22(19)34-25)24(32)10-12-29-14-11-27-17-29/h3-8,11,14,17H,2,9-10,12-13,15-16,26H2,1H3,(H,28,31)/b8-7+. The van der Waals surface area contributed by atoms with Crippen LogP contribution in [0.2, 0.25) is 0 Å². The number of hydrogen-bond acceptors (Lipinski definition) is 6. The fourth-order valence-corrected chi connectivity index (χ4v) is 5.32. The number of carbonyl (C=O) groups is 2. The molecule has 3 heterocycles. The van der Waals surface area contributed by atoms with Crippen LogP contribution in [0.3, 0.4) is 0 Å². The fraction of sp³-hybridized carbons (Fsp3) is 0.320. The minimum absolute atomic E-state index is 0.114. The topological polar surface area (TPSA) is 102 Å². The maximum atomic E-state index is 12.7. The molecule has 3 N–H and O–H groups in total. The van der Waals surface area contributed by atoms with Crippen LogP contribution in [0.5, 0.6) is 5.75 Å². The summed E-state index contributed by atoms with van der Waals surface area (Å²) in [5, 5.41) is 3.74. The summed E-state index contributed by atoms with van der Waals surface area (Å²) in [5.74, 6) is 0.623. The summed E-state index contributed by atoms with van der Waals surface area (Å²) in [6, 6.07) is 7.59.